The highest BCUT2D eigenvalue weighted by Gasteiger charge is 2.10. The van der Waals surface area contributed by atoms with E-state index >= 15 is 0 Å². The van der Waals surface area contributed by atoms with Gasteiger partial charge in [-0.15, -0.1) is 0 Å². The van der Waals surface area contributed by atoms with Gasteiger partial charge in [-0.2, -0.15) is 0 Å². The molecule has 7 nitrogen and oxygen atoms in total. The molecule has 3 N–H and O–H groups in total. The highest BCUT2D eigenvalue weighted by atomic mass is 16.5. The number of esters is 1. The van der Waals surface area contributed by atoms with Gasteiger partial charge in [0.2, 0.25) is 0 Å². The van der Waals surface area contributed by atoms with Crippen LogP contribution in [0.15, 0.2) is 54.6 Å². The van der Waals surface area contributed by atoms with E-state index in [0.29, 0.717) is 11.3 Å². The van der Waals surface area contributed by atoms with E-state index in [0.717, 1.165) is 12.8 Å². The van der Waals surface area contributed by atoms with Crippen molar-refractivity contribution in [3.63, 3.8) is 0 Å². The third-order valence-corrected chi connectivity index (χ3v) is 4.11. The van der Waals surface area contributed by atoms with E-state index in [1.807, 2.05) is 25.1 Å². The van der Waals surface area contributed by atoms with E-state index in [2.05, 4.69) is 32.8 Å². The van der Waals surface area contributed by atoms with Gasteiger partial charge >= 0.3 is 12.0 Å². The number of aryl methyl sites for hydroxylation is 1. The van der Waals surface area contributed by atoms with Crippen LogP contribution in [0.2, 0.25) is 0 Å². The van der Waals surface area contributed by atoms with Crippen molar-refractivity contribution in [1.82, 2.24) is 10.6 Å². The monoisotopic (exact) mass is 383 g/mol. The maximum atomic E-state index is 12.1. The Labute approximate surface area is 164 Å². The Morgan fingerprint density at radius 3 is 2.32 bits per heavy atom. The number of amides is 3. The van der Waals surface area contributed by atoms with Gasteiger partial charge in [0.1, 0.15) is 6.54 Å². The number of anilines is 1. The predicted octanol–water partition coefficient (Wildman–Crippen LogP) is 2.73. The van der Waals surface area contributed by atoms with Crippen LogP contribution in [0.25, 0.3) is 0 Å². The lowest BCUT2D eigenvalue weighted by Crippen LogP contribution is -2.36. The van der Waals surface area contributed by atoms with Crippen molar-refractivity contribution >= 4 is 23.6 Å². The Morgan fingerprint density at radius 2 is 1.68 bits per heavy atom. The molecule has 0 aliphatic carbocycles. The van der Waals surface area contributed by atoms with Gasteiger partial charge in [0.05, 0.1) is 7.11 Å². The molecule has 2 aromatic rings. The number of hydrogen-bond donors (Lipinski definition) is 3. The largest absolute Gasteiger partial charge is 0.468 e. The minimum Gasteiger partial charge on any atom is -0.468 e. The number of benzene rings is 2. The molecule has 0 radical (unpaired) electrons. The third-order valence-electron chi connectivity index (χ3n) is 4.11. The molecule has 0 bridgehead atoms. The minimum atomic E-state index is -0.523. The molecule has 0 fully saturated rings. The maximum Gasteiger partial charge on any atom is 0.325 e. The fourth-order valence-electron chi connectivity index (χ4n) is 2.52. The van der Waals surface area contributed by atoms with Gasteiger partial charge < -0.3 is 20.7 Å². The van der Waals surface area contributed by atoms with Crippen LogP contribution in [0, 0.1) is 0 Å². The van der Waals surface area contributed by atoms with Crippen LogP contribution in [0.3, 0.4) is 0 Å². The van der Waals surface area contributed by atoms with Crippen molar-refractivity contribution in [3.05, 3.63) is 65.7 Å². The normalized spacial score (nSPS) is 11.2. The molecule has 148 valence electrons. The van der Waals surface area contributed by atoms with Gasteiger partial charge in [0, 0.05) is 17.3 Å². The second-order valence-corrected chi connectivity index (χ2v) is 6.36. The summed E-state index contributed by atoms with van der Waals surface area (Å²) < 4.78 is 4.47. The number of methoxy groups -OCH3 is 1. The number of nitrogens with one attached hydrogen (secondary N) is 3. The fourth-order valence-corrected chi connectivity index (χ4v) is 2.52. The molecule has 0 spiro atoms. The average molecular weight is 383 g/mol. The van der Waals surface area contributed by atoms with E-state index in [9.17, 15) is 14.4 Å². The summed E-state index contributed by atoms with van der Waals surface area (Å²) in [4.78, 5) is 35.1. The Balaban J connectivity index is 1.77. The quantitative estimate of drug-likeness (QED) is 0.611. The van der Waals surface area contributed by atoms with Gasteiger partial charge in [-0.1, -0.05) is 30.3 Å². The standard InChI is InChI=1S/C21H25N3O4/c1-15(8-9-16-6-4-3-5-7-16)23-21(27)24-18-12-10-17(11-13-18)20(26)22-14-19(25)28-2/h3-7,10-13,15H,8-9,14H2,1-2H3,(H,22,26)(H2,23,24,27)/t15-/m0/s1. The molecule has 0 saturated heterocycles. The molecule has 28 heavy (non-hydrogen) atoms. The minimum absolute atomic E-state index is 0.0172. The molecule has 2 aromatic carbocycles. The highest BCUT2D eigenvalue weighted by molar-refractivity contribution is 5.97. The molecule has 7 heteroatoms. The zero-order chi connectivity index (χ0) is 20.4. The molecule has 0 aliphatic rings. The first-order chi connectivity index (χ1) is 13.5. The SMILES string of the molecule is COC(=O)CNC(=O)c1ccc(NC(=O)N[C@@H](C)CCc2ccccc2)cc1. The molecule has 0 saturated carbocycles. The van der Waals surface area contributed by atoms with E-state index < -0.39 is 11.9 Å². The molecular weight excluding hydrogens is 358 g/mol. The van der Waals surface area contributed by atoms with Crippen molar-refractivity contribution in [2.24, 2.45) is 0 Å². The zero-order valence-corrected chi connectivity index (χ0v) is 16.0. The van der Waals surface area contributed by atoms with Gasteiger partial charge in [-0.3, -0.25) is 9.59 Å². The number of ether oxygens (including phenoxy) is 1. The van der Waals surface area contributed by atoms with E-state index in [4.69, 9.17) is 0 Å². The molecule has 2 rings (SSSR count). The lowest BCUT2D eigenvalue weighted by atomic mass is 10.1. The van der Waals surface area contributed by atoms with E-state index in [-0.39, 0.29) is 18.6 Å². The topological polar surface area (TPSA) is 96.5 Å². The lowest BCUT2D eigenvalue weighted by Gasteiger charge is -2.15. The average Bonchev–Trinajstić information content (AvgIpc) is 2.71. The highest BCUT2D eigenvalue weighted by Crippen LogP contribution is 2.10. The summed E-state index contributed by atoms with van der Waals surface area (Å²) in [5, 5.41) is 8.09. The maximum absolute atomic E-state index is 12.1. The van der Waals surface area contributed by atoms with Crippen LogP contribution in [0.1, 0.15) is 29.3 Å². The molecule has 0 heterocycles. The Morgan fingerprint density at radius 1 is 1.00 bits per heavy atom. The number of rotatable bonds is 8. The third kappa shape index (κ3) is 7.11. The number of carbonyl (C=O) groups is 3. The first-order valence-electron chi connectivity index (χ1n) is 9.04. The summed E-state index contributed by atoms with van der Waals surface area (Å²) in [7, 11) is 1.25. The summed E-state index contributed by atoms with van der Waals surface area (Å²) in [6.07, 6.45) is 1.72. The fraction of sp³-hybridized carbons (Fsp3) is 0.286. The second kappa shape index (κ2) is 10.7. The van der Waals surface area contributed by atoms with E-state index in [1.165, 1.54) is 12.7 Å². The molecule has 0 unspecified atom stereocenters. The van der Waals surface area contributed by atoms with Crippen LogP contribution in [-0.4, -0.2) is 37.6 Å². The Hall–Kier alpha value is -3.35. The number of carbonyl (C=O) groups excluding carboxylic acids is 3. The first-order valence-corrected chi connectivity index (χ1v) is 9.04. The summed E-state index contributed by atoms with van der Waals surface area (Å²) >= 11 is 0. The van der Waals surface area contributed by atoms with Crippen molar-refractivity contribution < 1.29 is 19.1 Å². The summed E-state index contributed by atoms with van der Waals surface area (Å²) in [6.45, 7) is 1.76. The van der Waals surface area contributed by atoms with E-state index in [1.54, 1.807) is 24.3 Å². The van der Waals surface area contributed by atoms with Crippen molar-refractivity contribution in [3.8, 4) is 0 Å². The van der Waals surface area contributed by atoms with Gasteiger partial charge in [-0.25, -0.2) is 4.79 Å². The summed E-state index contributed by atoms with van der Waals surface area (Å²) in [5.74, 6) is -0.916. The number of hydrogen-bond acceptors (Lipinski definition) is 4. The lowest BCUT2D eigenvalue weighted by molar-refractivity contribution is -0.139. The Kier molecular flexibility index (Phi) is 8.02. The van der Waals surface area contributed by atoms with Crippen LogP contribution in [0.5, 0.6) is 0 Å². The predicted molar refractivity (Wildman–Crippen MR) is 107 cm³/mol. The van der Waals surface area contributed by atoms with Crippen molar-refractivity contribution in [2.45, 2.75) is 25.8 Å². The van der Waals surface area contributed by atoms with Crippen LogP contribution in [0.4, 0.5) is 10.5 Å². The smallest absolute Gasteiger partial charge is 0.325 e. The molecule has 0 aromatic heterocycles. The van der Waals surface area contributed by atoms with Gasteiger partial charge in [-0.05, 0) is 49.6 Å². The molecule has 1 atom stereocenters. The Bertz CT molecular complexity index is 791. The van der Waals surface area contributed by atoms with Gasteiger partial charge in [0.15, 0.2) is 0 Å². The zero-order valence-electron chi connectivity index (χ0n) is 16.0. The first kappa shape index (κ1) is 21.0. The van der Waals surface area contributed by atoms with Gasteiger partial charge in [0.25, 0.3) is 5.91 Å². The number of urea groups is 1. The molecular formula is C21H25N3O4. The van der Waals surface area contributed by atoms with Crippen LogP contribution in [-0.2, 0) is 16.0 Å². The molecule has 3 amide bonds. The summed E-state index contributed by atoms with van der Waals surface area (Å²) in [5.41, 5.74) is 2.18. The van der Waals surface area contributed by atoms with Crippen LogP contribution < -0.4 is 16.0 Å². The summed E-state index contributed by atoms with van der Waals surface area (Å²) in [6, 6.07) is 16.2. The molecule has 0 aliphatic heterocycles. The van der Waals surface area contributed by atoms with Crippen LogP contribution >= 0.6 is 0 Å². The van der Waals surface area contributed by atoms with Crippen molar-refractivity contribution in [2.75, 3.05) is 19.0 Å². The van der Waals surface area contributed by atoms with Crippen molar-refractivity contribution in [1.29, 1.82) is 0 Å². The second-order valence-electron chi connectivity index (χ2n) is 6.36.